The second kappa shape index (κ2) is 7.21. The van der Waals surface area contributed by atoms with Crippen LogP contribution in [0.3, 0.4) is 0 Å². The van der Waals surface area contributed by atoms with Gasteiger partial charge >= 0.3 is 0 Å². The van der Waals surface area contributed by atoms with Crippen LogP contribution >= 0.6 is 35.0 Å². The molecule has 1 unspecified atom stereocenters. The molecule has 1 aromatic rings. The summed E-state index contributed by atoms with van der Waals surface area (Å²) in [4.78, 5) is 12.6. The summed E-state index contributed by atoms with van der Waals surface area (Å²) < 4.78 is 0. The molecule has 108 valence electrons. The zero-order valence-corrected chi connectivity index (χ0v) is 13.9. The lowest BCUT2D eigenvalue weighted by molar-refractivity contribution is -0.120. The quantitative estimate of drug-likeness (QED) is 0.825. The van der Waals surface area contributed by atoms with E-state index in [0.29, 0.717) is 14.9 Å². The summed E-state index contributed by atoms with van der Waals surface area (Å²) in [7, 11) is 0. The minimum absolute atomic E-state index is 0.0188. The minimum atomic E-state index is -0.873. The van der Waals surface area contributed by atoms with Crippen molar-refractivity contribution in [2.24, 2.45) is 5.92 Å². The van der Waals surface area contributed by atoms with Crippen molar-refractivity contribution in [2.75, 3.05) is 5.75 Å². The molecule has 0 aliphatic heterocycles. The molecule has 0 aliphatic carbocycles. The average molecular weight is 331 g/mol. The Kier molecular flexibility index (Phi) is 6.19. The van der Waals surface area contributed by atoms with Crippen LogP contribution in [0.15, 0.2) is 23.1 Å². The lowest BCUT2D eigenvalue weighted by Gasteiger charge is -2.27. The first-order chi connectivity index (χ1) is 9.30. The highest BCUT2D eigenvalue weighted by Gasteiger charge is 2.29. The van der Waals surface area contributed by atoms with Gasteiger partial charge in [0.25, 0.3) is 0 Å². The maximum atomic E-state index is 11.9. The van der Waals surface area contributed by atoms with Gasteiger partial charge in [0.2, 0.25) is 5.91 Å². The number of carbonyl (C=O) groups excluding carboxylic acids is 1. The molecule has 0 aliphatic rings. The number of benzene rings is 1. The van der Waals surface area contributed by atoms with Gasteiger partial charge in [-0.2, -0.15) is 5.26 Å². The monoisotopic (exact) mass is 330 g/mol. The third kappa shape index (κ3) is 4.31. The van der Waals surface area contributed by atoms with Crippen molar-refractivity contribution in [2.45, 2.75) is 31.2 Å². The number of nitrogens with zero attached hydrogens (tertiary/aromatic N) is 1. The number of rotatable bonds is 5. The highest BCUT2D eigenvalue weighted by molar-refractivity contribution is 8.00. The molecular weight excluding hydrogens is 315 g/mol. The molecule has 1 amide bonds. The van der Waals surface area contributed by atoms with E-state index >= 15 is 0 Å². The molecular formula is C14H16Cl2N2OS. The van der Waals surface area contributed by atoms with E-state index in [9.17, 15) is 4.79 Å². The second-order valence-corrected chi connectivity index (χ2v) is 6.66. The Morgan fingerprint density at radius 3 is 2.45 bits per heavy atom. The van der Waals surface area contributed by atoms with Crippen LogP contribution < -0.4 is 5.32 Å². The maximum Gasteiger partial charge on any atom is 0.231 e. The zero-order valence-electron chi connectivity index (χ0n) is 11.5. The number of thioether (sulfide) groups is 1. The number of nitrogens with one attached hydrogen (secondary N) is 1. The molecule has 1 atom stereocenters. The second-order valence-electron chi connectivity index (χ2n) is 4.86. The molecule has 0 bridgehead atoms. The lowest BCUT2D eigenvalue weighted by atomic mass is 9.90. The highest BCUT2D eigenvalue weighted by atomic mass is 35.5. The number of halogens is 2. The normalized spacial score (nSPS) is 13.7. The standard InChI is InChI=1S/C14H16Cl2N2OS/c1-9(2)14(3,8-17)18-12(19)7-20-13-10(15)5-4-6-11(13)16/h4-6,9H,7H2,1-3H3,(H,18,19). The van der Waals surface area contributed by atoms with E-state index in [0.717, 1.165) is 0 Å². The summed E-state index contributed by atoms with van der Waals surface area (Å²) in [6, 6.07) is 7.33. The molecule has 20 heavy (non-hydrogen) atoms. The molecule has 0 saturated heterocycles. The lowest BCUT2D eigenvalue weighted by Crippen LogP contribution is -2.49. The topological polar surface area (TPSA) is 52.9 Å². The molecule has 1 N–H and O–H groups in total. The predicted molar refractivity (Wildman–Crippen MR) is 84.2 cm³/mol. The van der Waals surface area contributed by atoms with Crippen molar-refractivity contribution in [1.29, 1.82) is 5.26 Å². The number of hydrogen-bond donors (Lipinski definition) is 1. The smallest absolute Gasteiger partial charge is 0.231 e. The van der Waals surface area contributed by atoms with Crippen molar-refractivity contribution < 1.29 is 4.79 Å². The third-order valence-corrected chi connectivity index (χ3v) is 5.04. The maximum absolute atomic E-state index is 11.9. The fraction of sp³-hybridized carbons (Fsp3) is 0.429. The van der Waals surface area contributed by atoms with Crippen molar-refractivity contribution in [3.63, 3.8) is 0 Å². The highest BCUT2D eigenvalue weighted by Crippen LogP contribution is 2.33. The average Bonchev–Trinajstić information content (AvgIpc) is 2.37. The van der Waals surface area contributed by atoms with Crippen LogP contribution in [0.5, 0.6) is 0 Å². The first kappa shape index (κ1) is 17.2. The van der Waals surface area contributed by atoms with Crippen molar-refractivity contribution in [1.82, 2.24) is 5.32 Å². The Morgan fingerprint density at radius 2 is 2.00 bits per heavy atom. The van der Waals surface area contributed by atoms with Gasteiger partial charge in [-0.15, -0.1) is 11.8 Å². The van der Waals surface area contributed by atoms with Gasteiger partial charge < -0.3 is 5.32 Å². The fourth-order valence-corrected chi connectivity index (χ4v) is 2.87. The minimum Gasteiger partial charge on any atom is -0.337 e. The summed E-state index contributed by atoms with van der Waals surface area (Å²) in [5, 5.41) is 12.9. The zero-order chi connectivity index (χ0) is 15.3. The van der Waals surface area contributed by atoms with Crippen molar-refractivity contribution in [3.8, 4) is 6.07 Å². The van der Waals surface area contributed by atoms with Crippen LogP contribution in [0.25, 0.3) is 0 Å². The first-order valence-corrected chi connectivity index (χ1v) is 7.83. The van der Waals surface area contributed by atoms with Crippen LogP contribution in [0.4, 0.5) is 0 Å². The molecule has 6 heteroatoms. The van der Waals surface area contributed by atoms with E-state index in [1.165, 1.54) is 11.8 Å². The van der Waals surface area contributed by atoms with Gasteiger partial charge in [0.15, 0.2) is 0 Å². The number of hydrogen-bond acceptors (Lipinski definition) is 3. The van der Waals surface area contributed by atoms with Gasteiger partial charge in [-0.3, -0.25) is 4.79 Å². The van der Waals surface area contributed by atoms with Crippen LogP contribution in [-0.4, -0.2) is 17.2 Å². The molecule has 1 rings (SSSR count). The predicted octanol–water partition coefficient (Wildman–Crippen LogP) is 4.14. The molecule has 0 fully saturated rings. The number of amides is 1. The van der Waals surface area contributed by atoms with Crippen molar-refractivity contribution >= 4 is 40.9 Å². The largest absolute Gasteiger partial charge is 0.337 e. The van der Waals surface area contributed by atoms with E-state index in [2.05, 4.69) is 11.4 Å². The molecule has 0 saturated carbocycles. The summed E-state index contributed by atoms with van der Waals surface area (Å²) in [5.74, 6) is -0.0398. The van der Waals surface area contributed by atoms with E-state index in [1.807, 2.05) is 13.8 Å². The van der Waals surface area contributed by atoms with E-state index in [-0.39, 0.29) is 17.6 Å². The van der Waals surface area contributed by atoms with Gasteiger partial charge in [0, 0.05) is 4.90 Å². The van der Waals surface area contributed by atoms with Gasteiger partial charge in [0.05, 0.1) is 21.9 Å². The van der Waals surface area contributed by atoms with Crippen LogP contribution in [0.2, 0.25) is 10.0 Å². The Bertz CT molecular complexity index is 522. The van der Waals surface area contributed by atoms with Gasteiger partial charge in [-0.1, -0.05) is 43.1 Å². The number of nitriles is 1. The van der Waals surface area contributed by atoms with Gasteiger partial charge in [-0.25, -0.2) is 0 Å². The Hall–Kier alpha value is -0.890. The van der Waals surface area contributed by atoms with E-state index in [4.69, 9.17) is 28.5 Å². The molecule has 3 nitrogen and oxygen atoms in total. The summed E-state index contributed by atoms with van der Waals surface area (Å²) in [6.45, 7) is 5.49. The SMILES string of the molecule is CC(C)C(C)(C#N)NC(=O)CSc1c(Cl)cccc1Cl. The Balaban J connectivity index is 2.67. The molecule has 0 heterocycles. The molecule has 1 aromatic carbocycles. The van der Waals surface area contributed by atoms with Gasteiger partial charge in [-0.05, 0) is 25.0 Å². The van der Waals surface area contributed by atoms with E-state index in [1.54, 1.807) is 25.1 Å². The van der Waals surface area contributed by atoms with E-state index < -0.39 is 5.54 Å². The first-order valence-electron chi connectivity index (χ1n) is 6.09. The summed E-state index contributed by atoms with van der Waals surface area (Å²) in [6.07, 6.45) is 0. The fourth-order valence-electron chi connectivity index (χ4n) is 1.39. The Morgan fingerprint density at radius 1 is 1.45 bits per heavy atom. The molecule has 0 radical (unpaired) electrons. The van der Waals surface area contributed by atoms with Crippen LogP contribution in [-0.2, 0) is 4.79 Å². The number of carbonyl (C=O) groups is 1. The molecule has 0 aromatic heterocycles. The molecule has 0 spiro atoms. The van der Waals surface area contributed by atoms with Crippen molar-refractivity contribution in [3.05, 3.63) is 28.2 Å². The van der Waals surface area contributed by atoms with Crippen LogP contribution in [0, 0.1) is 17.2 Å². The Labute approximate surface area is 133 Å². The summed E-state index contributed by atoms with van der Waals surface area (Å²) >= 11 is 13.3. The van der Waals surface area contributed by atoms with Crippen LogP contribution in [0.1, 0.15) is 20.8 Å². The van der Waals surface area contributed by atoms with Gasteiger partial charge in [0.1, 0.15) is 5.54 Å². The third-order valence-electron chi connectivity index (χ3n) is 3.05. The summed E-state index contributed by atoms with van der Waals surface area (Å²) in [5.41, 5.74) is -0.873.